The van der Waals surface area contributed by atoms with Gasteiger partial charge in [0.2, 0.25) is 0 Å². The number of nitrogens with one attached hydrogen (secondary N) is 1. The molecule has 2 rings (SSSR count). The van der Waals surface area contributed by atoms with Gasteiger partial charge in [0.15, 0.2) is 12.4 Å². The zero-order valence-corrected chi connectivity index (χ0v) is 15.7. The van der Waals surface area contributed by atoms with E-state index in [1.165, 1.54) is 6.92 Å². The van der Waals surface area contributed by atoms with Crippen LogP contribution in [0.1, 0.15) is 36.7 Å². The third kappa shape index (κ3) is 6.93. The van der Waals surface area contributed by atoms with Crippen LogP contribution in [0.2, 0.25) is 0 Å². The summed E-state index contributed by atoms with van der Waals surface area (Å²) in [4.78, 5) is 35.3. The van der Waals surface area contributed by atoms with Crippen LogP contribution < -0.4 is 10.1 Å². The van der Waals surface area contributed by atoms with Gasteiger partial charge >= 0.3 is 5.97 Å². The number of rotatable bonds is 8. The SMILES string of the molecule is CC(=O)c1cccc(NC(=O)COC(=O)Cc2cccc(OC(C)C)c2)c1. The molecule has 0 spiro atoms. The number of anilines is 1. The molecule has 142 valence electrons. The maximum atomic E-state index is 12.0. The molecular formula is C21H23NO5. The van der Waals surface area contributed by atoms with Crippen LogP contribution >= 0.6 is 0 Å². The number of ketones is 1. The Balaban J connectivity index is 1.84. The van der Waals surface area contributed by atoms with Gasteiger partial charge in [-0.05, 0) is 50.6 Å². The zero-order chi connectivity index (χ0) is 19.8. The van der Waals surface area contributed by atoms with Crippen molar-refractivity contribution in [3.8, 4) is 5.75 Å². The molecule has 6 nitrogen and oxygen atoms in total. The molecule has 27 heavy (non-hydrogen) atoms. The molecule has 0 radical (unpaired) electrons. The van der Waals surface area contributed by atoms with Crippen LogP contribution in [-0.2, 0) is 20.7 Å². The molecule has 1 amide bonds. The maximum absolute atomic E-state index is 12.0. The molecule has 0 aromatic heterocycles. The molecule has 0 heterocycles. The number of benzene rings is 2. The Hall–Kier alpha value is -3.15. The summed E-state index contributed by atoms with van der Waals surface area (Å²) in [6, 6.07) is 13.7. The van der Waals surface area contributed by atoms with Crippen LogP contribution in [-0.4, -0.2) is 30.4 Å². The number of carbonyl (C=O) groups is 3. The summed E-state index contributed by atoms with van der Waals surface area (Å²) >= 11 is 0. The first kappa shape index (κ1) is 20.2. The number of hydrogen-bond acceptors (Lipinski definition) is 5. The Bertz CT molecular complexity index is 829. The minimum Gasteiger partial charge on any atom is -0.491 e. The average molecular weight is 369 g/mol. The summed E-state index contributed by atoms with van der Waals surface area (Å²) < 4.78 is 10.6. The Labute approximate surface area is 158 Å². The maximum Gasteiger partial charge on any atom is 0.310 e. The van der Waals surface area contributed by atoms with Gasteiger partial charge in [0, 0.05) is 11.3 Å². The Morgan fingerprint density at radius 3 is 2.48 bits per heavy atom. The van der Waals surface area contributed by atoms with Crippen molar-refractivity contribution in [1.29, 1.82) is 0 Å². The first-order valence-electron chi connectivity index (χ1n) is 8.65. The van der Waals surface area contributed by atoms with Gasteiger partial charge in [-0.2, -0.15) is 0 Å². The van der Waals surface area contributed by atoms with E-state index in [0.29, 0.717) is 17.0 Å². The van der Waals surface area contributed by atoms with E-state index in [0.717, 1.165) is 5.56 Å². The molecule has 0 bridgehead atoms. The van der Waals surface area contributed by atoms with E-state index < -0.39 is 18.5 Å². The minimum absolute atomic E-state index is 0.0393. The third-order valence-electron chi connectivity index (χ3n) is 3.54. The van der Waals surface area contributed by atoms with E-state index in [9.17, 15) is 14.4 Å². The molecule has 0 atom stereocenters. The molecule has 0 aliphatic heterocycles. The summed E-state index contributed by atoms with van der Waals surface area (Å²) in [5.74, 6) is -0.398. The van der Waals surface area contributed by atoms with Gasteiger partial charge in [-0.15, -0.1) is 0 Å². The van der Waals surface area contributed by atoms with Crippen molar-refractivity contribution >= 4 is 23.3 Å². The Morgan fingerprint density at radius 1 is 1.04 bits per heavy atom. The number of amides is 1. The molecule has 0 aliphatic rings. The fraction of sp³-hybridized carbons (Fsp3) is 0.286. The van der Waals surface area contributed by atoms with E-state index in [1.807, 2.05) is 19.9 Å². The van der Waals surface area contributed by atoms with E-state index >= 15 is 0 Å². The Morgan fingerprint density at radius 2 is 1.78 bits per heavy atom. The molecule has 0 aliphatic carbocycles. The number of hydrogen-bond donors (Lipinski definition) is 1. The second-order valence-corrected chi connectivity index (χ2v) is 6.34. The molecule has 0 saturated carbocycles. The van der Waals surface area contributed by atoms with Gasteiger partial charge in [-0.25, -0.2) is 0 Å². The summed E-state index contributed by atoms with van der Waals surface area (Å²) in [5, 5.41) is 2.60. The normalized spacial score (nSPS) is 10.4. The molecular weight excluding hydrogens is 346 g/mol. The smallest absolute Gasteiger partial charge is 0.310 e. The highest BCUT2D eigenvalue weighted by molar-refractivity contribution is 5.97. The molecule has 2 aromatic carbocycles. The molecule has 2 aromatic rings. The lowest BCUT2D eigenvalue weighted by atomic mass is 10.1. The van der Waals surface area contributed by atoms with Gasteiger partial charge in [-0.3, -0.25) is 14.4 Å². The van der Waals surface area contributed by atoms with Crippen molar-refractivity contribution in [2.45, 2.75) is 33.3 Å². The Kier molecular flexibility index (Phi) is 7.11. The highest BCUT2D eigenvalue weighted by Gasteiger charge is 2.10. The van der Waals surface area contributed by atoms with Crippen molar-refractivity contribution in [1.82, 2.24) is 0 Å². The highest BCUT2D eigenvalue weighted by atomic mass is 16.5. The van der Waals surface area contributed by atoms with Gasteiger partial charge in [0.05, 0.1) is 12.5 Å². The molecule has 0 saturated heterocycles. The number of ether oxygens (including phenoxy) is 2. The average Bonchev–Trinajstić information content (AvgIpc) is 2.60. The number of esters is 1. The zero-order valence-electron chi connectivity index (χ0n) is 15.7. The van der Waals surface area contributed by atoms with Crippen molar-refractivity contribution in [3.05, 3.63) is 59.7 Å². The predicted molar refractivity (Wildman–Crippen MR) is 102 cm³/mol. The van der Waals surface area contributed by atoms with E-state index in [2.05, 4.69) is 5.32 Å². The summed E-state index contributed by atoms with van der Waals surface area (Å²) in [6.07, 6.45) is 0.0833. The number of Topliss-reactive ketones (excluding diaryl/α,β-unsaturated/α-hetero) is 1. The molecule has 0 unspecified atom stereocenters. The fourth-order valence-electron chi connectivity index (χ4n) is 2.38. The monoisotopic (exact) mass is 369 g/mol. The van der Waals surface area contributed by atoms with Crippen molar-refractivity contribution in [2.24, 2.45) is 0 Å². The van der Waals surface area contributed by atoms with Gasteiger partial charge in [-0.1, -0.05) is 24.3 Å². The largest absolute Gasteiger partial charge is 0.491 e. The van der Waals surface area contributed by atoms with Crippen LogP contribution in [0.5, 0.6) is 5.75 Å². The first-order valence-corrected chi connectivity index (χ1v) is 8.65. The van der Waals surface area contributed by atoms with Crippen LogP contribution in [0.4, 0.5) is 5.69 Å². The predicted octanol–water partition coefficient (Wildman–Crippen LogP) is 3.40. The summed E-state index contributed by atoms with van der Waals surface area (Å²) in [7, 11) is 0. The lowest BCUT2D eigenvalue weighted by Gasteiger charge is -2.11. The minimum atomic E-state index is -0.510. The quantitative estimate of drug-likeness (QED) is 0.570. The van der Waals surface area contributed by atoms with Crippen LogP contribution in [0.15, 0.2) is 48.5 Å². The number of carbonyl (C=O) groups excluding carboxylic acids is 3. The highest BCUT2D eigenvalue weighted by Crippen LogP contribution is 2.16. The van der Waals surface area contributed by atoms with Crippen LogP contribution in [0.25, 0.3) is 0 Å². The van der Waals surface area contributed by atoms with E-state index in [1.54, 1.807) is 42.5 Å². The van der Waals surface area contributed by atoms with E-state index in [-0.39, 0.29) is 18.3 Å². The van der Waals surface area contributed by atoms with E-state index in [4.69, 9.17) is 9.47 Å². The summed E-state index contributed by atoms with van der Waals surface area (Å²) in [6.45, 7) is 4.90. The second kappa shape index (κ2) is 9.52. The van der Waals surface area contributed by atoms with Crippen molar-refractivity contribution < 1.29 is 23.9 Å². The second-order valence-electron chi connectivity index (χ2n) is 6.34. The van der Waals surface area contributed by atoms with Gasteiger partial charge in [0.25, 0.3) is 5.91 Å². The fourth-order valence-corrected chi connectivity index (χ4v) is 2.38. The molecule has 6 heteroatoms. The lowest BCUT2D eigenvalue weighted by molar-refractivity contribution is -0.146. The van der Waals surface area contributed by atoms with Crippen LogP contribution in [0.3, 0.4) is 0 Å². The molecule has 1 N–H and O–H groups in total. The van der Waals surface area contributed by atoms with Crippen LogP contribution in [0, 0.1) is 0 Å². The topological polar surface area (TPSA) is 81.7 Å². The third-order valence-corrected chi connectivity index (χ3v) is 3.54. The molecule has 0 fully saturated rings. The van der Waals surface area contributed by atoms with Crippen molar-refractivity contribution in [2.75, 3.05) is 11.9 Å². The summed E-state index contributed by atoms with van der Waals surface area (Å²) in [5.41, 5.74) is 1.71. The standard InChI is InChI=1S/C21H23NO5/c1-14(2)27-19-9-4-6-16(10-19)11-21(25)26-13-20(24)22-18-8-5-7-17(12-18)15(3)23/h4-10,12,14H,11,13H2,1-3H3,(H,22,24). The van der Waals surface area contributed by atoms with Gasteiger partial charge < -0.3 is 14.8 Å². The van der Waals surface area contributed by atoms with Crippen molar-refractivity contribution in [3.63, 3.8) is 0 Å². The first-order chi connectivity index (χ1) is 12.8. The lowest BCUT2D eigenvalue weighted by Crippen LogP contribution is -2.21. The van der Waals surface area contributed by atoms with Gasteiger partial charge in [0.1, 0.15) is 5.75 Å².